The minimum atomic E-state index is -1.42. The molecular formula is C24H34O5. The van der Waals surface area contributed by atoms with Crippen molar-refractivity contribution < 1.29 is 24.2 Å². The molecule has 4 rings (SSSR count). The number of allylic oxidation sites excluding steroid dienone is 1. The number of fused-ring (bicyclic) bond motifs is 5. The van der Waals surface area contributed by atoms with Crippen LogP contribution >= 0.6 is 0 Å². The first-order valence-corrected chi connectivity index (χ1v) is 11.2. The SMILES string of the molecule is CC(=O)OCC(=O)[C@@]1(O)CCC2C3CCC4=CC(=O)CC[C@]4(C)C3[C@@H](C)C[C@@]21C. The van der Waals surface area contributed by atoms with Crippen LogP contribution in [0.5, 0.6) is 0 Å². The molecule has 3 fully saturated rings. The van der Waals surface area contributed by atoms with Crippen LogP contribution in [0, 0.1) is 34.5 Å². The molecule has 0 bridgehead atoms. The minimum absolute atomic E-state index is 0.0556. The van der Waals surface area contributed by atoms with E-state index in [-0.39, 0.29) is 29.5 Å². The molecule has 0 aromatic heterocycles. The zero-order valence-corrected chi connectivity index (χ0v) is 18.1. The summed E-state index contributed by atoms with van der Waals surface area (Å²) in [6, 6.07) is 0. The van der Waals surface area contributed by atoms with Gasteiger partial charge in [-0.1, -0.05) is 26.3 Å². The van der Waals surface area contributed by atoms with Gasteiger partial charge in [0, 0.05) is 18.8 Å². The molecule has 5 heteroatoms. The Bertz CT molecular complexity index is 784. The molecule has 3 saturated carbocycles. The van der Waals surface area contributed by atoms with Gasteiger partial charge < -0.3 is 9.84 Å². The maximum atomic E-state index is 13.0. The number of hydrogen-bond donors (Lipinski definition) is 1. The Balaban J connectivity index is 1.65. The molecule has 0 amide bonds. The van der Waals surface area contributed by atoms with E-state index in [9.17, 15) is 19.5 Å². The molecule has 7 atom stereocenters. The zero-order valence-electron chi connectivity index (χ0n) is 18.1. The lowest BCUT2D eigenvalue weighted by Gasteiger charge is -2.61. The van der Waals surface area contributed by atoms with E-state index in [4.69, 9.17) is 4.74 Å². The Morgan fingerprint density at radius 1 is 1.21 bits per heavy atom. The Hall–Kier alpha value is -1.49. The van der Waals surface area contributed by atoms with Gasteiger partial charge in [-0.3, -0.25) is 14.4 Å². The van der Waals surface area contributed by atoms with Crippen molar-refractivity contribution in [3.05, 3.63) is 11.6 Å². The molecule has 160 valence electrons. The summed E-state index contributed by atoms with van der Waals surface area (Å²) in [6.45, 7) is 7.63. The van der Waals surface area contributed by atoms with Crippen molar-refractivity contribution in [1.29, 1.82) is 0 Å². The van der Waals surface area contributed by atoms with E-state index in [1.54, 1.807) is 0 Å². The van der Waals surface area contributed by atoms with Gasteiger partial charge in [0.15, 0.2) is 12.4 Å². The number of rotatable bonds is 3. The summed E-state index contributed by atoms with van der Waals surface area (Å²) in [6.07, 6.45) is 7.50. The summed E-state index contributed by atoms with van der Waals surface area (Å²) < 4.78 is 4.95. The highest BCUT2D eigenvalue weighted by Crippen LogP contribution is 2.69. The zero-order chi connectivity index (χ0) is 21.2. The van der Waals surface area contributed by atoms with Crippen LogP contribution in [0.25, 0.3) is 0 Å². The Kier molecular flexibility index (Phi) is 4.84. The number of carbonyl (C=O) groups excluding carboxylic acids is 3. The van der Waals surface area contributed by atoms with Crippen molar-refractivity contribution in [1.82, 2.24) is 0 Å². The Morgan fingerprint density at radius 2 is 1.93 bits per heavy atom. The smallest absolute Gasteiger partial charge is 0.303 e. The van der Waals surface area contributed by atoms with Crippen LogP contribution in [0.4, 0.5) is 0 Å². The van der Waals surface area contributed by atoms with Gasteiger partial charge in [0.1, 0.15) is 5.60 Å². The summed E-state index contributed by atoms with van der Waals surface area (Å²) >= 11 is 0. The third-order valence-corrected chi connectivity index (χ3v) is 9.23. The lowest BCUT2D eigenvalue weighted by molar-refractivity contribution is -0.174. The second-order valence-corrected chi connectivity index (χ2v) is 10.6. The molecule has 0 saturated heterocycles. The number of Topliss-reactive ketones (excluding diaryl/α,β-unsaturated/α-hetero) is 1. The van der Waals surface area contributed by atoms with Crippen LogP contribution in [-0.2, 0) is 19.1 Å². The van der Waals surface area contributed by atoms with Crippen LogP contribution < -0.4 is 0 Å². The predicted octanol–water partition coefficient (Wildman–Crippen LogP) is 3.63. The van der Waals surface area contributed by atoms with Gasteiger partial charge in [-0.05, 0) is 73.7 Å². The number of ketones is 2. The minimum Gasteiger partial charge on any atom is -0.458 e. The second kappa shape index (κ2) is 6.76. The molecule has 5 nitrogen and oxygen atoms in total. The normalized spacial score (nSPS) is 46.2. The molecule has 4 aliphatic rings. The number of esters is 1. The van der Waals surface area contributed by atoms with Crippen molar-refractivity contribution in [3.8, 4) is 0 Å². The van der Waals surface area contributed by atoms with Gasteiger partial charge in [0.2, 0.25) is 5.78 Å². The number of hydrogen-bond acceptors (Lipinski definition) is 5. The van der Waals surface area contributed by atoms with Crippen molar-refractivity contribution in [3.63, 3.8) is 0 Å². The van der Waals surface area contributed by atoms with Crippen LogP contribution in [0.2, 0.25) is 0 Å². The van der Waals surface area contributed by atoms with Crippen molar-refractivity contribution >= 4 is 17.5 Å². The van der Waals surface area contributed by atoms with E-state index in [1.807, 2.05) is 6.08 Å². The van der Waals surface area contributed by atoms with E-state index in [1.165, 1.54) is 12.5 Å². The summed E-state index contributed by atoms with van der Waals surface area (Å²) in [7, 11) is 0. The lowest BCUT2D eigenvalue weighted by atomic mass is 9.43. The third-order valence-electron chi connectivity index (χ3n) is 9.23. The van der Waals surface area contributed by atoms with Gasteiger partial charge >= 0.3 is 5.97 Å². The molecule has 29 heavy (non-hydrogen) atoms. The lowest BCUT2D eigenvalue weighted by Crippen LogP contribution is -2.60. The van der Waals surface area contributed by atoms with Gasteiger partial charge in [-0.15, -0.1) is 0 Å². The quantitative estimate of drug-likeness (QED) is 0.729. The summed E-state index contributed by atoms with van der Waals surface area (Å²) in [5, 5.41) is 11.6. The molecule has 0 radical (unpaired) electrons. The van der Waals surface area contributed by atoms with Crippen LogP contribution in [-0.4, -0.2) is 34.9 Å². The standard InChI is InChI=1S/C24H34O5/c1-14-12-23(4)19(8-10-24(23,28)20(27)13-29-15(2)25)18-6-5-16-11-17(26)7-9-22(16,3)21(14)18/h11,14,18-19,21,28H,5-10,12-13H2,1-4H3/t14-,18?,19?,21?,22-,23-,24-/m0/s1. The van der Waals surface area contributed by atoms with Gasteiger partial charge in [-0.2, -0.15) is 0 Å². The fourth-order valence-corrected chi connectivity index (χ4v) is 8.01. The molecule has 0 spiro atoms. The summed E-state index contributed by atoms with van der Waals surface area (Å²) in [5.74, 6) is 0.990. The van der Waals surface area contributed by atoms with Crippen molar-refractivity contribution in [2.24, 2.45) is 34.5 Å². The first kappa shape index (κ1) is 20.8. The summed E-state index contributed by atoms with van der Waals surface area (Å²) in [5.41, 5.74) is -0.539. The van der Waals surface area contributed by atoms with Crippen LogP contribution in [0.1, 0.15) is 72.6 Å². The first-order chi connectivity index (χ1) is 13.5. The van der Waals surface area contributed by atoms with Crippen molar-refractivity contribution in [2.45, 2.75) is 78.2 Å². The van der Waals surface area contributed by atoms with Gasteiger partial charge in [0.25, 0.3) is 0 Å². The molecule has 3 unspecified atom stereocenters. The monoisotopic (exact) mass is 402 g/mol. The van der Waals surface area contributed by atoms with Crippen LogP contribution in [0.15, 0.2) is 11.6 Å². The average molecular weight is 403 g/mol. The fraction of sp³-hybridized carbons (Fsp3) is 0.792. The highest BCUT2D eigenvalue weighted by Gasteiger charge is 2.67. The third kappa shape index (κ3) is 2.87. The van der Waals surface area contributed by atoms with E-state index in [0.29, 0.717) is 30.6 Å². The highest BCUT2D eigenvalue weighted by molar-refractivity contribution is 5.92. The maximum Gasteiger partial charge on any atom is 0.303 e. The van der Waals surface area contributed by atoms with E-state index < -0.39 is 17.0 Å². The van der Waals surface area contributed by atoms with E-state index in [2.05, 4.69) is 20.8 Å². The van der Waals surface area contributed by atoms with Gasteiger partial charge in [-0.25, -0.2) is 0 Å². The van der Waals surface area contributed by atoms with E-state index >= 15 is 0 Å². The number of ether oxygens (including phenoxy) is 1. The number of carbonyl (C=O) groups is 3. The topological polar surface area (TPSA) is 80.7 Å². The molecular weight excluding hydrogens is 368 g/mol. The molecule has 1 N–H and O–H groups in total. The maximum absolute atomic E-state index is 13.0. The Labute approximate surface area is 173 Å². The van der Waals surface area contributed by atoms with E-state index in [0.717, 1.165) is 32.1 Å². The van der Waals surface area contributed by atoms with Crippen LogP contribution in [0.3, 0.4) is 0 Å². The number of aliphatic hydroxyl groups is 1. The molecule has 0 aliphatic heterocycles. The largest absolute Gasteiger partial charge is 0.458 e. The first-order valence-electron chi connectivity index (χ1n) is 11.2. The molecule has 0 aromatic carbocycles. The fourth-order valence-electron chi connectivity index (χ4n) is 8.01. The molecule has 0 heterocycles. The summed E-state index contributed by atoms with van der Waals surface area (Å²) in [4.78, 5) is 36.2. The van der Waals surface area contributed by atoms with Crippen molar-refractivity contribution in [2.75, 3.05) is 6.61 Å². The second-order valence-electron chi connectivity index (χ2n) is 10.6. The highest BCUT2D eigenvalue weighted by atomic mass is 16.5. The predicted molar refractivity (Wildman–Crippen MR) is 108 cm³/mol. The van der Waals surface area contributed by atoms with Gasteiger partial charge in [0.05, 0.1) is 0 Å². The average Bonchev–Trinajstić information content (AvgIpc) is 2.91. The molecule has 4 aliphatic carbocycles. The molecule has 0 aromatic rings. The Morgan fingerprint density at radius 3 is 2.62 bits per heavy atom.